The van der Waals surface area contributed by atoms with Gasteiger partial charge in [-0.25, -0.2) is 0 Å². The molecule has 84 valence electrons. The number of ether oxygens (including phenoxy) is 1. The summed E-state index contributed by atoms with van der Waals surface area (Å²) in [6, 6.07) is 0.455. The van der Waals surface area contributed by atoms with E-state index in [-0.39, 0.29) is 23.9 Å². The van der Waals surface area contributed by atoms with Crippen molar-refractivity contribution >= 4 is 0 Å². The van der Waals surface area contributed by atoms with Gasteiger partial charge in [0.1, 0.15) is 0 Å². The van der Waals surface area contributed by atoms with E-state index in [0.29, 0.717) is 6.04 Å². The Kier molecular flexibility index (Phi) is 3.24. The van der Waals surface area contributed by atoms with Gasteiger partial charge in [0.05, 0.1) is 17.8 Å². The van der Waals surface area contributed by atoms with Crippen LogP contribution in [0.15, 0.2) is 0 Å². The molecule has 2 atom stereocenters. The van der Waals surface area contributed by atoms with E-state index < -0.39 is 0 Å². The van der Waals surface area contributed by atoms with Crippen molar-refractivity contribution < 1.29 is 9.84 Å². The van der Waals surface area contributed by atoms with Crippen molar-refractivity contribution in [3.8, 4) is 0 Å². The van der Waals surface area contributed by atoms with Crippen LogP contribution in [0.25, 0.3) is 0 Å². The van der Waals surface area contributed by atoms with Crippen molar-refractivity contribution in [1.82, 2.24) is 5.32 Å². The van der Waals surface area contributed by atoms with Crippen LogP contribution >= 0.6 is 0 Å². The molecular formula is C11H23NO2. The number of rotatable bonds is 3. The SMILES string of the molecule is CC(CO)NC1CC(C)(C)OC1(C)C. The average Bonchev–Trinajstić information content (AvgIpc) is 2.19. The van der Waals surface area contributed by atoms with Crippen LogP contribution in [0.3, 0.4) is 0 Å². The van der Waals surface area contributed by atoms with Crippen molar-refractivity contribution in [3.63, 3.8) is 0 Å². The van der Waals surface area contributed by atoms with Crippen LogP contribution in [-0.4, -0.2) is 35.0 Å². The minimum absolute atomic E-state index is 0.0592. The molecule has 0 radical (unpaired) electrons. The lowest BCUT2D eigenvalue weighted by atomic mass is 9.94. The molecule has 0 aromatic rings. The summed E-state index contributed by atoms with van der Waals surface area (Å²) < 4.78 is 5.95. The third-order valence-electron chi connectivity index (χ3n) is 2.83. The molecule has 3 nitrogen and oxygen atoms in total. The Morgan fingerprint density at radius 2 is 2.00 bits per heavy atom. The molecule has 0 amide bonds. The Morgan fingerprint density at radius 1 is 1.43 bits per heavy atom. The first-order valence-corrected chi connectivity index (χ1v) is 5.34. The minimum Gasteiger partial charge on any atom is -0.395 e. The van der Waals surface area contributed by atoms with Gasteiger partial charge >= 0.3 is 0 Å². The predicted molar refractivity (Wildman–Crippen MR) is 57.3 cm³/mol. The van der Waals surface area contributed by atoms with Gasteiger partial charge in [-0.1, -0.05) is 0 Å². The van der Waals surface area contributed by atoms with Gasteiger partial charge < -0.3 is 15.2 Å². The van der Waals surface area contributed by atoms with Crippen LogP contribution in [-0.2, 0) is 4.74 Å². The largest absolute Gasteiger partial charge is 0.395 e. The first-order valence-electron chi connectivity index (χ1n) is 5.34. The van der Waals surface area contributed by atoms with Gasteiger partial charge in [0.25, 0.3) is 0 Å². The molecule has 0 aromatic heterocycles. The van der Waals surface area contributed by atoms with Crippen LogP contribution in [0.4, 0.5) is 0 Å². The standard InChI is InChI=1S/C11H23NO2/c1-8(7-13)12-9-6-10(2,3)14-11(9,4)5/h8-9,12-13H,6-7H2,1-5H3. The van der Waals surface area contributed by atoms with Gasteiger partial charge in [-0.15, -0.1) is 0 Å². The Bertz CT molecular complexity index is 201. The summed E-state index contributed by atoms with van der Waals surface area (Å²) in [7, 11) is 0. The summed E-state index contributed by atoms with van der Waals surface area (Å²) in [6.07, 6.45) is 0.990. The zero-order valence-electron chi connectivity index (χ0n) is 9.92. The fourth-order valence-electron chi connectivity index (χ4n) is 2.22. The average molecular weight is 201 g/mol. The van der Waals surface area contributed by atoms with E-state index >= 15 is 0 Å². The Labute approximate surface area is 86.8 Å². The molecule has 0 bridgehead atoms. The van der Waals surface area contributed by atoms with E-state index in [1.165, 1.54) is 0 Å². The summed E-state index contributed by atoms with van der Waals surface area (Å²) in [6.45, 7) is 10.6. The molecule has 3 heteroatoms. The normalized spacial score (nSPS) is 31.7. The number of hydrogen-bond donors (Lipinski definition) is 2. The summed E-state index contributed by atoms with van der Waals surface area (Å²) >= 11 is 0. The molecule has 2 unspecified atom stereocenters. The molecule has 1 rings (SSSR count). The van der Waals surface area contributed by atoms with Crippen molar-refractivity contribution in [2.24, 2.45) is 0 Å². The molecule has 0 spiro atoms. The van der Waals surface area contributed by atoms with Crippen molar-refractivity contribution in [3.05, 3.63) is 0 Å². The zero-order chi connectivity index (χ0) is 11.0. The highest BCUT2D eigenvalue weighted by atomic mass is 16.5. The topological polar surface area (TPSA) is 41.5 Å². The summed E-state index contributed by atoms with van der Waals surface area (Å²) in [5, 5.41) is 12.4. The second-order valence-electron chi connectivity index (χ2n) is 5.47. The first kappa shape index (κ1) is 12.0. The number of nitrogens with one attached hydrogen (secondary N) is 1. The van der Waals surface area contributed by atoms with Gasteiger partial charge in [-0.2, -0.15) is 0 Å². The molecule has 0 aromatic carbocycles. The van der Waals surface area contributed by atoms with Crippen LogP contribution in [0, 0.1) is 0 Å². The van der Waals surface area contributed by atoms with E-state index in [0.717, 1.165) is 6.42 Å². The molecule has 1 aliphatic rings. The second-order valence-corrected chi connectivity index (χ2v) is 5.47. The van der Waals surface area contributed by atoms with Crippen LogP contribution < -0.4 is 5.32 Å². The van der Waals surface area contributed by atoms with E-state index in [4.69, 9.17) is 9.84 Å². The van der Waals surface area contributed by atoms with Gasteiger partial charge in [-0.3, -0.25) is 0 Å². The smallest absolute Gasteiger partial charge is 0.0787 e. The second kappa shape index (κ2) is 3.80. The lowest BCUT2D eigenvalue weighted by Crippen LogP contribution is -2.48. The van der Waals surface area contributed by atoms with E-state index in [1.807, 2.05) is 6.92 Å². The molecule has 1 fully saturated rings. The minimum atomic E-state index is -0.146. The lowest BCUT2D eigenvalue weighted by molar-refractivity contribution is -0.0706. The summed E-state index contributed by atoms with van der Waals surface area (Å²) in [5.74, 6) is 0. The van der Waals surface area contributed by atoms with Crippen molar-refractivity contribution in [1.29, 1.82) is 0 Å². The maximum Gasteiger partial charge on any atom is 0.0787 e. The first-order chi connectivity index (χ1) is 6.27. The molecule has 0 saturated carbocycles. The zero-order valence-corrected chi connectivity index (χ0v) is 9.92. The van der Waals surface area contributed by atoms with Crippen molar-refractivity contribution in [2.45, 2.75) is 64.3 Å². The Balaban J connectivity index is 2.61. The van der Waals surface area contributed by atoms with Crippen LogP contribution in [0.2, 0.25) is 0 Å². The van der Waals surface area contributed by atoms with Gasteiger partial charge in [0, 0.05) is 12.1 Å². The fraction of sp³-hybridized carbons (Fsp3) is 1.00. The monoisotopic (exact) mass is 201 g/mol. The Morgan fingerprint density at radius 3 is 2.36 bits per heavy atom. The molecule has 14 heavy (non-hydrogen) atoms. The molecule has 1 heterocycles. The predicted octanol–water partition coefficient (Wildman–Crippen LogP) is 1.30. The van der Waals surface area contributed by atoms with E-state index in [2.05, 4.69) is 33.0 Å². The van der Waals surface area contributed by atoms with E-state index in [1.54, 1.807) is 0 Å². The Hall–Kier alpha value is -0.120. The fourth-order valence-corrected chi connectivity index (χ4v) is 2.22. The third-order valence-corrected chi connectivity index (χ3v) is 2.83. The maximum atomic E-state index is 8.99. The number of hydrogen-bond acceptors (Lipinski definition) is 3. The van der Waals surface area contributed by atoms with E-state index in [9.17, 15) is 0 Å². The van der Waals surface area contributed by atoms with Gasteiger partial charge in [0.2, 0.25) is 0 Å². The highest BCUT2D eigenvalue weighted by molar-refractivity contribution is 4.99. The molecule has 1 saturated heterocycles. The lowest BCUT2D eigenvalue weighted by Gasteiger charge is -2.29. The third kappa shape index (κ3) is 2.69. The summed E-state index contributed by atoms with van der Waals surface area (Å²) in [4.78, 5) is 0. The molecular weight excluding hydrogens is 178 g/mol. The van der Waals surface area contributed by atoms with Crippen LogP contribution in [0.1, 0.15) is 41.0 Å². The summed E-state index contributed by atoms with van der Waals surface area (Å²) in [5.41, 5.74) is -0.205. The molecule has 1 aliphatic heterocycles. The maximum absolute atomic E-state index is 8.99. The quantitative estimate of drug-likeness (QED) is 0.723. The van der Waals surface area contributed by atoms with Gasteiger partial charge in [-0.05, 0) is 41.0 Å². The highest BCUT2D eigenvalue weighted by Gasteiger charge is 2.45. The number of aliphatic hydroxyl groups is 1. The number of aliphatic hydroxyl groups excluding tert-OH is 1. The molecule has 0 aliphatic carbocycles. The van der Waals surface area contributed by atoms with Crippen molar-refractivity contribution in [2.75, 3.05) is 6.61 Å². The van der Waals surface area contributed by atoms with Gasteiger partial charge in [0.15, 0.2) is 0 Å². The highest BCUT2D eigenvalue weighted by Crippen LogP contribution is 2.37. The van der Waals surface area contributed by atoms with Crippen LogP contribution in [0.5, 0.6) is 0 Å². The molecule has 2 N–H and O–H groups in total.